The lowest BCUT2D eigenvalue weighted by Gasteiger charge is -2.19. The van der Waals surface area contributed by atoms with Crippen molar-refractivity contribution in [2.75, 3.05) is 52.8 Å². The Morgan fingerprint density at radius 3 is 1.79 bits per heavy atom. The molecule has 0 amide bonds. The Labute approximate surface area is 206 Å². The van der Waals surface area contributed by atoms with Crippen LogP contribution in [0.1, 0.15) is 74.1 Å². The van der Waals surface area contributed by atoms with Crippen LogP contribution < -0.4 is 5.32 Å². The highest BCUT2D eigenvalue weighted by Gasteiger charge is 2.15. The third-order valence-electron chi connectivity index (χ3n) is 4.44. The van der Waals surface area contributed by atoms with Crippen LogP contribution in [-0.4, -0.2) is 88.6 Å². The van der Waals surface area contributed by atoms with Crippen molar-refractivity contribution < 1.29 is 38.0 Å². The molecule has 0 aliphatic heterocycles. The summed E-state index contributed by atoms with van der Waals surface area (Å²) in [5.41, 5.74) is -0.469. The molecule has 2 atom stereocenters. The van der Waals surface area contributed by atoms with Gasteiger partial charge in [-0.05, 0) is 47.5 Å². The molecule has 0 fully saturated rings. The van der Waals surface area contributed by atoms with Crippen LogP contribution in [0.2, 0.25) is 0 Å². The fraction of sp³-hybridized carbons (Fsp3) is 0.920. The van der Waals surface area contributed by atoms with Crippen LogP contribution in [0.15, 0.2) is 0 Å². The molecule has 0 heterocycles. The highest BCUT2D eigenvalue weighted by atomic mass is 16.6. The average Bonchev–Trinajstić information content (AvgIpc) is 2.71. The summed E-state index contributed by atoms with van der Waals surface area (Å²) in [5.74, 6) is -0.432. The smallest absolute Gasteiger partial charge is 0.308 e. The van der Waals surface area contributed by atoms with Crippen LogP contribution in [0.4, 0.5) is 0 Å². The molecule has 0 aromatic heterocycles. The summed E-state index contributed by atoms with van der Waals surface area (Å²) >= 11 is 0. The maximum Gasteiger partial charge on any atom is 0.308 e. The van der Waals surface area contributed by atoms with Gasteiger partial charge in [0.05, 0.1) is 71.3 Å². The number of rotatable bonds is 21. The summed E-state index contributed by atoms with van der Waals surface area (Å²) in [7, 11) is 0. The van der Waals surface area contributed by atoms with Gasteiger partial charge in [0.2, 0.25) is 0 Å². The minimum atomic E-state index is -0.469. The molecule has 0 aliphatic carbocycles. The minimum absolute atomic E-state index is 0.0708. The van der Waals surface area contributed by atoms with Gasteiger partial charge < -0.3 is 33.7 Å². The number of esters is 2. The third kappa shape index (κ3) is 23.9. The third-order valence-corrected chi connectivity index (χ3v) is 4.44. The topological polar surface area (TPSA) is 102 Å². The zero-order valence-corrected chi connectivity index (χ0v) is 22.5. The minimum Gasteiger partial charge on any atom is -0.463 e. The molecule has 0 saturated heterocycles. The van der Waals surface area contributed by atoms with E-state index in [-0.39, 0.29) is 30.6 Å². The SMILES string of the molecule is CC(C)NCCC(=O)OC(C)CCC(C)OCCOCCOCCOCCC(=O)OC(C)(C)C. The van der Waals surface area contributed by atoms with Crippen molar-refractivity contribution in [3.05, 3.63) is 0 Å². The van der Waals surface area contributed by atoms with E-state index >= 15 is 0 Å². The maximum absolute atomic E-state index is 11.8. The molecule has 0 aromatic rings. The predicted octanol–water partition coefficient (Wildman–Crippen LogP) is 3.27. The van der Waals surface area contributed by atoms with E-state index in [0.717, 1.165) is 12.8 Å². The predicted molar refractivity (Wildman–Crippen MR) is 131 cm³/mol. The maximum atomic E-state index is 11.8. The fourth-order valence-electron chi connectivity index (χ4n) is 2.76. The molecule has 1 N–H and O–H groups in total. The Hall–Kier alpha value is -1.26. The number of carbonyl (C=O) groups is 2. The van der Waals surface area contributed by atoms with E-state index in [2.05, 4.69) is 5.32 Å². The summed E-state index contributed by atoms with van der Waals surface area (Å²) in [4.78, 5) is 23.3. The summed E-state index contributed by atoms with van der Waals surface area (Å²) < 4.78 is 32.6. The van der Waals surface area contributed by atoms with Crippen LogP contribution in [0.5, 0.6) is 0 Å². The number of ether oxygens (including phenoxy) is 6. The number of carbonyl (C=O) groups excluding carboxylic acids is 2. The molecule has 0 bridgehead atoms. The lowest BCUT2D eigenvalue weighted by molar-refractivity contribution is -0.156. The molecule has 9 nitrogen and oxygen atoms in total. The molecule has 0 spiro atoms. The summed E-state index contributed by atoms with van der Waals surface area (Å²) in [6, 6.07) is 0.364. The highest BCUT2D eigenvalue weighted by molar-refractivity contribution is 5.70. The quantitative estimate of drug-likeness (QED) is 0.191. The first-order valence-electron chi connectivity index (χ1n) is 12.5. The van der Waals surface area contributed by atoms with Crippen molar-refractivity contribution in [1.82, 2.24) is 5.32 Å². The van der Waals surface area contributed by atoms with Crippen LogP contribution >= 0.6 is 0 Å². The fourth-order valence-corrected chi connectivity index (χ4v) is 2.76. The average molecular weight is 492 g/mol. The van der Waals surface area contributed by atoms with Gasteiger partial charge in [0.15, 0.2) is 0 Å². The molecule has 0 rings (SSSR count). The molecular weight excluding hydrogens is 442 g/mol. The van der Waals surface area contributed by atoms with Crippen LogP contribution in [-0.2, 0) is 38.0 Å². The first kappa shape index (κ1) is 32.7. The van der Waals surface area contributed by atoms with E-state index in [9.17, 15) is 9.59 Å². The van der Waals surface area contributed by atoms with Gasteiger partial charge in [-0.1, -0.05) is 13.8 Å². The molecule has 0 saturated carbocycles. The molecule has 9 heteroatoms. The molecule has 0 aliphatic rings. The van der Waals surface area contributed by atoms with Gasteiger partial charge in [0.1, 0.15) is 5.60 Å². The normalized spacial score (nSPS) is 13.6. The second-order valence-electron chi connectivity index (χ2n) is 9.59. The molecule has 0 radical (unpaired) electrons. The van der Waals surface area contributed by atoms with Crippen molar-refractivity contribution in [3.8, 4) is 0 Å². The van der Waals surface area contributed by atoms with E-state index in [4.69, 9.17) is 28.4 Å². The summed E-state index contributed by atoms with van der Waals surface area (Å²) in [5, 5.41) is 3.20. The van der Waals surface area contributed by atoms with Gasteiger partial charge in [-0.15, -0.1) is 0 Å². The lowest BCUT2D eigenvalue weighted by Crippen LogP contribution is -2.27. The largest absolute Gasteiger partial charge is 0.463 e. The summed E-state index contributed by atoms with van der Waals surface area (Å²) in [6.07, 6.45) is 2.15. The molecule has 0 aromatic carbocycles. The van der Waals surface area contributed by atoms with Gasteiger partial charge in [-0.3, -0.25) is 9.59 Å². The number of hydrogen-bond donors (Lipinski definition) is 1. The van der Waals surface area contributed by atoms with Crippen LogP contribution in [0.3, 0.4) is 0 Å². The van der Waals surface area contributed by atoms with Crippen molar-refractivity contribution in [3.63, 3.8) is 0 Å². The van der Waals surface area contributed by atoms with Gasteiger partial charge in [0, 0.05) is 12.6 Å². The zero-order valence-electron chi connectivity index (χ0n) is 22.5. The monoisotopic (exact) mass is 491 g/mol. The first-order valence-corrected chi connectivity index (χ1v) is 12.5. The van der Waals surface area contributed by atoms with Gasteiger partial charge >= 0.3 is 11.9 Å². The van der Waals surface area contributed by atoms with Crippen LogP contribution in [0, 0.1) is 0 Å². The van der Waals surface area contributed by atoms with Crippen LogP contribution in [0.25, 0.3) is 0 Å². The van der Waals surface area contributed by atoms with Crippen molar-refractivity contribution >= 4 is 11.9 Å². The van der Waals surface area contributed by atoms with E-state index in [0.29, 0.717) is 65.3 Å². The summed E-state index contributed by atoms with van der Waals surface area (Å²) in [6.45, 7) is 17.3. The van der Waals surface area contributed by atoms with Gasteiger partial charge in [-0.25, -0.2) is 0 Å². The van der Waals surface area contributed by atoms with Crippen molar-refractivity contribution in [1.29, 1.82) is 0 Å². The van der Waals surface area contributed by atoms with E-state index in [1.165, 1.54) is 0 Å². The standard InChI is InChI=1S/C25H49NO8/c1-20(2)26-12-10-23(27)33-22(4)9-8-21(3)32-19-18-31-17-16-30-15-14-29-13-11-24(28)34-25(5,6)7/h20-22,26H,8-19H2,1-7H3. The van der Waals surface area contributed by atoms with Crippen molar-refractivity contribution in [2.24, 2.45) is 0 Å². The molecule has 2 unspecified atom stereocenters. The first-order chi connectivity index (χ1) is 16.0. The molecule has 34 heavy (non-hydrogen) atoms. The number of hydrogen-bond acceptors (Lipinski definition) is 9. The van der Waals surface area contributed by atoms with E-state index in [1.54, 1.807) is 0 Å². The Balaban J connectivity index is 3.46. The van der Waals surface area contributed by atoms with Gasteiger partial charge in [0.25, 0.3) is 0 Å². The Kier molecular flexibility index (Phi) is 19.2. The second kappa shape index (κ2) is 20.0. The number of nitrogens with one attached hydrogen (secondary N) is 1. The van der Waals surface area contributed by atoms with Crippen molar-refractivity contribution in [2.45, 2.75) is 98.0 Å². The van der Waals surface area contributed by atoms with Gasteiger partial charge in [-0.2, -0.15) is 0 Å². The lowest BCUT2D eigenvalue weighted by atomic mass is 10.1. The Morgan fingerprint density at radius 1 is 0.706 bits per heavy atom. The Morgan fingerprint density at radius 2 is 1.24 bits per heavy atom. The van der Waals surface area contributed by atoms with E-state index < -0.39 is 5.60 Å². The second-order valence-corrected chi connectivity index (χ2v) is 9.59. The Bertz CT molecular complexity index is 522. The zero-order chi connectivity index (χ0) is 25.8. The highest BCUT2D eigenvalue weighted by Crippen LogP contribution is 2.09. The molecule has 202 valence electrons. The van der Waals surface area contributed by atoms with E-state index in [1.807, 2.05) is 48.5 Å². The molecular formula is C25H49NO8.